The Morgan fingerprint density at radius 2 is 2.06 bits per heavy atom. The highest BCUT2D eigenvalue weighted by Gasteiger charge is 2.32. The number of amides is 1. The first-order valence-corrected chi connectivity index (χ1v) is 11.0. The van der Waals surface area contributed by atoms with E-state index >= 15 is 0 Å². The first-order chi connectivity index (χ1) is 15.6. The van der Waals surface area contributed by atoms with Crippen molar-refractivity contribution in [3.8, 4) is 11.3 Å². The third-order valence-corrected chi connectivity index (χ3v) is 6.43. The highest BCUT2D eigenvalue weighted by Crippen LogP contribution is 2.28. The van der Waals surface area contributed by atoms with E-state index in [-0.39, 0.29) is 17.8 Å². The van der Waals surface area contributed by atoms with Crippen molar-refractivity contribution in [1.82, 2.24) is 24.6 Å². The number of likely N-dealkylation sites (tertiary alicyclic amines) is 1. The molecule has 2 atom stereocenters. The number of hydrogen-bond acceptors (Lipinski definition) is 3. The molecule has 0 spiro atoms. The number of carbonyl (C=O) groups excluding carboxylic acids is 1. The molecular formula is C25H26FN5O. The Morgan fingerprint density at radius 3 is 2.84 bits per heavy atom. The van der Waals surface area contributed by atoms with Crippen molar-refractivity contribution in [2.45, 2.75) is 38.8 Å². The van der Waals surface area contributed by atoms with Gasteiger partial charge in [-0.2, -0.15) is 5.10 Å². The summed E-state index contributed by atoms with van der Waals surface area (Å²) >= 11 is 0. The number of benzene rings is 1. The number of nitrogens with one attached hydrogen (secondary N) is 1. The van der Waals surface area contributed by atoms with E-state index in [9.17, 15) is 9.18 Å². The second-order valence-electron chi connectivity index (χ2n) is 8.71. The van der Waals surface area contributed by atoms with Crippen LogP contribution in [0.1, 0.15) is 25.3 Å². The maximum absolute atomic E-state index is 13.1. The number of fused-ring (bicyclic) bond motifs is 1. The minimum absolute atomic E-state index is 0.174. The molecule has 5 rings (SSSR count). The van der Waals surface area contributed by atoms with Gasteiger partial charge >= 0.3 is 0 Å². The SMILES string of the molecule is C[C@H]1CC(Cn2ccc3cc(-c4cn[nH]c4)ncc32)CN1C(=O)CCc1ccc(F)cc1. The van der Waals surface area contributed by atoms with E-state index < -0.39 is 0 Å². The van der Waals surface area contributed by atoms with E-state index in [2.05, 4.69) is 45.0 Å². The Balaban J connectivity index is 1.22. The number of pyridine rings is 1. The average molecular weight is 432 g/mol. The fraction of sp³-hybridized carbons (Fsp3) is 0.320. The number of halogens is 1. The summed E-state index contributed by atoms with van der Waals surface area (Å²) in [4.78, 5) is 19.4. The summed E-state index contributed by atoms with van der Waals surface area (Å²) in [6.45, 7) is 3.76. The van der Waals surface area contributed by atoms with E-state index in [0.717, 1.165) is 47.2 Å². The largest absolute Gasteiger partial charge is 0.346 e. The number of hydrogen-bond donors (Lipinski definition) is 1. The lowest BCUT2D eigenvalue weighted by atomic mass is 10.1. The molecule has 3 aromatic heterocycles. The van der Waals surface area contributed by atoms with Crippen molar-refractivity contribution >= 4 is 16.8 Å². The summed E-state index contributed by atoms with van der Waals surface area (Å²) in [5.41, 5.74) is 3.96. The van der Waals surface area contributed by atoms with E-state index in [1.165, 1.54) is 12.1 Å². The second kappa shape index (κ2) is 8.57. The summed E-state index contributed by atoms with van der Waals surface area (Å²) in [6, 6.07) is 10.8. The lowest BCUT2D eigenvalue weighted by molar-refractivity contribution is -0.131. The molecule has 1 amide bonds. The minimum Gasteiger partial charge on any atom is -0.346 e. The fourth-order valence-electron chi connectivity index (χ4n) is 4.74. The van der Waals surface area contributed by atoms with Gasteiger partial charge in [0, 0.05) is 48.9 Å². The Kier molecular flexibility index (Phi) is 5.47. The fourth-order valence-corrected chi connectivity index (χ4v) is 4.74. The molecule has 1 aliphatic rings. The zero-order valence-electron chi connectivity index (χ0n) is 18.0. The van der Waals surface area contributed by atoms with Crippen LogP contribution in [0.3, 0.4) is 0 Å². The summed E-state index contributed by atoms with van der Waals surface area (Å²) in [6.07, 6.45) is 9.72. The van der Waals surface area contributed by atoms with Crippen LogP contribution in [-0.4, -0.2) is 43.1 Å². The van der Waals surface area contributed by atoms with Gasteiger partial charge in [0.2, 0.25) is 5.91 Å². The standard InChI is InChI=1S/C25H26FN5O/c1-17-10-19(16-31(17)25(32)7-4-18-2-5-22(26)6-3-18)15-30-9-8-20-11-23(27-14-24(20)30)21-12-28-29-13-21/h2-3,5-6,8-9,11-14,17,19H,4,7,10,15-16H2,1H3,(H,28,29)/t17-,19?/m0/s1. The van der Waals surface area contributed by atoms with Gasteiger partial charge < -0.3 is 9.47 Å². The van der Waals surface area contributed by atoms with Gasteiger partial charge in [0.25, 0.3) is 0 Å². The quantitative estimate of drug-likeness (QED) is 0.491. The van der Waals surface area contributed by atoms with Gasteiger partial charge in [-0.1, -0.05) is 12.1 Å². The van der Waals surface area contributed by atoms with Gasteiger partial charge in [-0.15, -0.1) is 0 Å². The molecule has 0 aliphatic carbocycles. The number of aryl methyl sites for hydroxylation is 1. The van der Waals surface area contributed by atoms with Crippen LogP contribution in [0.4, 0.5) is 4.39 Å². The number of aromatic nitrogens is 4. The molecular weight excluding hydrogens is 405 g/mol. The Bertz CT molecular complexity index is 1220. The van der Waals surface area contributed by atoms with Gasteiger partial charge in [-0.25, -0.2) is 4.39 Å². The lowest BCUT2D eigenvalue weighted by Crippen LogP contribution is -2.34. The van der Waals surface area contributed by atoms with Gasteiger partial charge in [-0.05, 0) is 55.5 Å². The van der Waals surface area contributed by atoms with Crippen molar-refractivity contribution in [1.29, 1.82) is 0 Å². The van der Waals surface area contributed by atoms with E-state index in [0.29, 0.717) is 18.8 Å². The molecule has 0 bridgehead atoms. The highest BCUT2D eigenvalue weighted by molar-refractivity contribution is 5.83. The predicted molar refractivity (Wildman–Crippen MR) is 121 cm³/mol. The first kappa shape index (κ1) is 20.4. The normalized spacial score (nSPS) is 18.5. The van der Waals surface area contributed by atoms with Crippen molar-refractivity contribution in [2.75, 3.05) is 6.54 Å². The summed E-state index contributed by atoms with van der Waals surface area (Å²) in [7, 11) is 0. The van der Waals surface area contributed by atoms with Crippen LogP contribution < -0.4 is 0 Å². The molecule has 32 heavy (non-hydrogen) atoms. The predicted octanol–water partition coefficient (Wildman–Crippen LogP) is 4.44. The van der Waals surface area contributed by atoms with Crippen molar-refractivity contribution in [2.24, 2.45) is 5.92 Å². The molecule has 1 fully saturated rings. The number of rotatable bonds is 6. The third-order valence-electron chi connectivity index (χ3n) is 6.43. The molecule has 1 aliphatic heterocycles. The molecule has 0 saturated carbocycles. The second-order valence-corrected chi connectivity index (χ2v) is 8.71. The van der Waals surface area contributed by atoms with Crippen molar-refractivity contribution < 1.29 is 9.18 Å². The molecule has 6 nitrogen and oxygen atoms in total. The zero-order chi connectivity index (χ0) is 22.1. The molecule has 4 aromatic rings. The maximum Gasteiger partial charge on any atom is 0.223 e. The zero-order valence-corrected chi connectivity index (χ0v) is 18.0. The first-order valence-electron chi connectivity index (χ1n) is 11.0. The molecule has 164 valence electrons. The van der Waals surface area contributed by atoms with Crippen molar-refractivity contribution in [3.63, 3.8) is 0 Å². The number of H-pyrrole nitrogens is 1. The third kappa shape index (κ3) is 4.15. The van der Waals surface area contributed by atoms with Crippen LogP contribution in [0.5, 0.6) is 0 Å². The molecule has 1 N–H and O–H groups in total. The Hall–Kier alpha value is -3.48. The molecule has 0 radical (unpaired) electrons. The molecule has 1 aromatic carbocycles. The van der Waals surface area contributed by atoms with Crippen LogP contribution in [-0.2, 0) is 17.8 Å². The molecule has 1 unspecified atom stereocenters. The molecule has 4 heterocycles. The van der Waals surface area contributed by atoms with Gasteiger partial charge in [0.15, 0.2) is 0 Å². The summed E-state index contributed by atoms with van der Waals surface area (Å²) < 4.78 is 15.3. The van der Waals surface area contributed by atoms with Gasteiger partial charge in [0.1, 0.15) is 5.82 Å². The topological polar surface area (TPSA) is 66.8 Å². The number of carbonyl (C=O) groups is 1. The van der Waals surface area contributed by atoms with E-state index in [1.54, 1.807) is 18.3 Å². The average Bonchev–Trinajstić information content (AvgIpc) is 3.54. The lowest BCUT2D eigenvalue weighted by Gasteiger charge is -2.21. The Labute approximate surface area is 186 Å². The van der Waals surface area contributed by atoms with Crippen LogP contribution in [0.25, 0.3) is 22.2 Å². The Morgan fingerprint density at radius 1 is 1.22 bits per heavy atom. The smallest absolute Gasteiger partial charge is 0.223 e. The minimum atomic E-state index is -0.249. The number of aromatic amines is 1. The summed E-state index contributed by atoms with van der Waals surface area (Å²) in [5.74, 6) is 0.332. The highest BCUT2D eigenvalue weighted by atomic mass is 19.1. The molecule has 7 heteroatoms. The van der Waals surface area contributed by atoms with Crippen LogP contribution in [0, 0.1) is 11.7 Å². The van der Waals surface area contributed by atoms with Crippen LogP contribution >= 0.6 is 0 Å². The van der Waals surface area contributed by atoms with E-state index in [1.807, 2.05) is 17.3 Å². The number of nitrogens with zero attached hydrogens (tertiary/aromatic N) is 4. The van der Waals surface area contributed by atoms with E-state index in [4.69, 9.17) is 0 Å². The van der Waals surface area contributed by atoms with Crippen LogP contribution in [0.2, 0.25) is 0 Å². The monoisotopic (exact) mass is 431 g/mol. The maximum atomic E-state index is 13.1. The van der Waals surface area contributed by atoms with Gasteiger partial charge in [0.05, 0.1) is 23.6 Å². The van der Waals surface area contributed by atoms with Crippen molar-refractivity contribution in [3.05, 3.63) is 72.6 Å². The van der Waals surface area contributed by atoms with Crippen LogP contribution in [0.15, 0.2) is 61.2 Å². The molecule has 1 saturated heterocycles. The summed E-state index contributed by atoms with van der Waals surface area (Å²) in [5, 5.41) is 7.97. The van der Waals surface area contributed by atoms with Gasteiger partial charge in [-0.3, -0.25) is 14.9 Å².